The van der Waals surface area contributed by atoms with Crippen molar-refractivity contribution in [2.45, 2.75) is 43.1 Å². The Bertz CT molecular complexity index is 919. The lowest BCUT2D eigenvalue weighted by Gasteiger charge is -2.34. The van der Waals surface area contributed by atoms with Crippen LogP contribution in [0.1, 0.15) is 25.8 Å². The van der Waals surface area contributed by atoms with Gasteiger partial charge in [-0.2, -0.15) is 0 Å². The van der Waals surface area contributed by atoms with Gasteiger partial charge in [-0.05, 0) is 43.7 Å². The Morgan fingerprint density at radius 3 is 2.64 bits per heavy atom. The minimum absolute atomic E-state index is 0.0498. The van der Waals surface area contributed by atoms with Gasteiger partial charge in [-0.3, -0.25) is 9.59 Å². The predicted octanol–water partition coefficient (Wildman–Crippen LogP) is 5.26. The number of rotatable bonds is 6. The summed E-state index contributed by atoms with van der Waals surface area (Å²) in [7, 11) is 0. The van der Waals surface area contributed by atoms with Crippen molar-refractivity contribution in [2.75, 3.05) is 4.90 Å². The molecule has 0 saturated heterocycles. The molecule has 5 nitrogen and oxygen atoms in total. The molecule has 1 amide bonds. The topological polar surface area (TPSA) is 66.8 Å². The van der Waals surface area contributed by atoms with E-state index in [1.807, 2.05) is 32.0 Å². The number of fused-ring (bicyclic) bond motifs is 1. The summed E-state index contributed by atoms with van der Waals surface area (Å²) in [5, 5.41) is 9.34. The number of hydrogen-bond donors (Lipinski definition) is 1. The van der Waals surface area contributed by atoms with E-state index in [-0.39, 0.29) is 25.0 Å². The Hall–Kier alpha value is -1.89. The van der Waals surface area contributed by atoms with Crippen LogP contribution in [0.25, 0.3) is 0 Å². The molecule has 1 atom stereocenters. The van der Waals surface area contributed by atoms with Crippen LogP contribution in [0.2, 0.25) is 10.0 Å². The molecule has 0 aromatic heterocycles. The number of halogens is 2. The van der Waals surface area contributed by atoms with Gasteiger partial charge in [-0.1, -0.05) is 35.3 Å². The average Bonchev–Trinajstić information content (AvgIpc) is 2.61. The van der Waals surface area contributed by atoms with Crippen molar-refractivity contribution in [1.29, 1.82) is 0 Å². The van der Waals surface area contributed by atoms with Crippen molar-refractivity contribution >= 4 is 52.5 Å². The van der Waals surface area contributed by atoms with Crippen LogP contribution in [0.3, 0.4) is 0 Å². The Kier molecular flexibility index (Phi) is 6.43. The third kappa shape index (κ3) is 4.57. The standard InChI is InChI=1S/C20H19Cl2NO4S/c1-11(2)27-16-5-3-4-15-19(16)28-17(9-18(24)25)20(26)23(15)10-12-6-7-13(21)14(22)8-12/h3-8,11,17H,9-10H2,1-2H3,(H,24,25). The number of carbonyl (C=O) groups excluding carboxylic acids is 1. The van der Waals surface area contributed by atoms with E-state index in [2.05, 4.69) is 0 Å². The summed E-state index contributed by atoms with van der Waals surface area (Å²) in [5.41, 5.74) is 1.49. The van der Waals surface area contributed by atoms with E-state index in [1.165, 1.54) is 11.8 Å². The van der Waals surface area contributed by atoms with Crippen molar-refractivity contribution in [1.82, 2.24) is 0 Å². The van der Waals surface area contributed by atoms with Crippen LogP contribution in [0, 0.1) is 0 Å². The first-order valence-electron chi connectivity index (χ1n) is 8.69. The fourth-order valence-corrected chi connectivity index (χ4v) is 4.53. The normalized spacial score (nSPS) is 16.2. The van der Waals surface area contributed by atoms with Crippen LogP contribution < -0.4 is 9.64 Å². The summed E-state index contributed by atoms with van der Waals surface area (Å²) in [6, 6.07) is 10.7. The molecule has 0 aliphatic carbocycles. The molecule has 0 bridgehead atoms. The van der Waals surface area contributed by atoms with Crippen LogP contribution in [0.4, 0.5) is 5.69 Å². The Morgan fingerprint density at radius 1 is 1.25 bits per heavy atom. The van der Waals surface area contributed by atoms with Crippen LogP contribution in [0.15, 0.2) is 41.3 Å². The number of amides is 1. The molecule has 2 aromatic carbocycles. The molecule has 0 fully saturated rings. The molecule has 1 heterocycles. The maximum absolute atomic E-state index is 13.1. The zero-order chi connectivity index (χ0) is 20.4. The van der Waals surface area contributed by atoms with E-state index in [9.17, 15) is 14.7 Å². The van der Waals surface area contributed by atoms with Crippen molar-refractivity contribution in [3.05, 3.63) is 52.0 Å². The van der Waals surface area contributed by atoms with Gasteiger partial charge in [0.2, 0.25) is 5.91 Å². The Balaban J connectivity index is 2.03. The Labute approximate surface area is 177 Å². The van der Waals surface area contributed by atoms with Crippen LogP contribution in [0.5, 0.6) is 5.75 Å². The number of carbonyl (C=O) groups is 2. The molecule has 2 aromatic rings. The number of aliphatic carboxylic acids is 1. The first-order chi connectivity index (χ1) is 13.3. The largest absolute Gasteiger partial charge is 0.490 e. The lowest BCUT2D eigenvalue weighted by molar-refractivity contribution is -0.138. The first-order valence-corrected chi connectivity index (χ1v) is 10.3. The minimum Gasteiger partial charge on any atom is -0.490 e. The second kappa shape index (κ2) is 8.64. The molecule has 148 valence electrons. The SMILES string of the molecule is CC(C)Oc1cccc2c1SC(CC(=O)O)C(=O)N2Cc1ccc(Cl)c(Cl)c1. The summed E-state index contributed by atoms with van der Waals surface area (Å²) < 4.78 is 5.89. The zero-order valence-corrected chi connectivity index (χ0v) is 17.6. The number of ether oxygens (including phenoxy) is 1. The van der Waals surface area contributed by atoms with E-state index in [4.69, 9.17) is 27.9 Å². The van der Waals surface area contributed by atoms with E-state index in [1.54, 1.807) is 23.1 Å². The van der Waals surface area contributed by atoms with E-state index in [0.717, 1.165) is 10.5 Å². The van der Waals surface area contributed by atoms with Crippen molar-refractivity contribution in [3.8, 4) is 5.75 Å². The monoisotopic (exact) mass is 439 g/mol. The van der Waals surface area contributed by atoms with Gasteiger partial charge < -0.3 is 14.7 Å². The molecule has 0 spiro atoms. The summed E-state index contributed by atoms with van der Waals surface area (Å²) >= 11 is 13.3. The number of carboxylic acid groups (broad SMARTS) is 1. The van der Waals surface area contributed by atoms with Crippen LogP contribution in [-0.2, 0) is 16.1 Å². The highest BCUT2D eigenvalue weighted by Gasteiger charge is 2.36. The molecular weight excluding hydrogens is 421 g/mol. The maximum Gasteiger partial charge on any atom is 0.305 e. The molecule has 1 N–H and O–H groups in total. The minimum atomic E-state index is -1.02. The highest BCUT2D eigenvalue weighted by Crippen LogP contribution is 2.46. The molecule has 1 aliphatic heterocycles. The molecule has 28 heavy (non-hydrogen) atoms. The predicted molar refractivity (Wildman–Crippen MR) is 112 cm³/mol. The van der Waals surface area contributed by atoms with E-state index in [0.29, 0.717) is 21.5 Å². The molecule has 1 aliphatic rings. The third-order valence-corrected chi connectivity index (χ3v) is 6.14. The number of thioether (sulfide) groups is 1. The molecule has 0 saturated carbocycles. The van der Waals surface area contributed by atoms with Gasteiger partial charge in [-0.25, -0.2) is 0 Å². The zero-order valence-electron chi connectivity index (χ0n) is 15.3. The van der Waals surface area contributed by atoms with Gasteiger partial charge in [-0.15, -0.1) is 11.8 Å². The van der Waals surface area contributed by atoms with E-state index >= 15 is 0 Å². The number of anilines is 1. The van der Waals surface area contributed by atoms with Gasteiger partial charge in [0, 0.05) is 0 Å². The van der Waals surface area contributed by atoms with Gasteiger partial charge in [0.05, 0.1) is 44.9 Å². The number of carboxylic acids is 1. The number of benzene rings is 2. The smallest absolute Gasteiger partial charge is 0.305 e. The molecular formula is C20H19Cl2NO4S. The van der Waals surface area contributed by atoms with Crippen molar-refractivity contribution in [3.63, 3.8) is 0 Å². The van der Waals surface area contributed by atoms with Gasteiger partial charge in [0.25, 0.3) is 0 Å². The fourth-order valence-electron chi connectivity index (χ4n) is 2.94. The van der Waals surface area contributed by atoms with Crippen molar-refractivity contribution in [2.24, 2.45) is 0 Å². The summed E-state index contributed by atoms with van der Waals surface area (Å²) in [5.74, 6) is -0.641. The second-order valence-electron chi connectivity index (χ2n) is 6.65. The second-order valence-corrected chi connectivity index (χ2v) is 8.68. The van der Waals surface area contributed by atoms with Gasteiger partial charge >= 0.3 is 5.97 Å². The maximum atomic E-state index is 13.1. The molecule has 3 rings (SSSR count). The quantitative estimate of drug-likeness (QED) is 0.664. The number of nitrogens with zero attached hydrogens (tertiary/aromatic N) is 1. The molecule has 0 radical (unpaired) electrons. The Morgan fingerprint density at radius 2 is 2.00 bits per heavy atom. The summed E-state index contributed by atoms with van der Waals surface area (Å²) in [4.78, 5) is 26.7. The molecule has 1 unspecified atom stereocenters. The van der Waals surface area contributed by atoms with Crippen LogP contribution in [-0.4, -0.2) is 28.3 Å². The van der Waals surface area contributed by atoms with E-state index < -0.39 is 11.2 Å². The lowest BCUT2D eigenvalue weighted by atomic mass is 10.1. The van der Waals surface area contributed by atoms with Gasteiger partial charge in [0.15, 0.2) is 0 Å². The number of hydrogen-bond acceptors (Lipinski definition) is 4. The van der Waals surface area contributed by atoms with Crippen LogP contribution >= 0.6 is 35.0 Å². The summed E-state index contributed by atoms with van der Waals surface area (Å²) in [6.45, 7) is 4.09. The third-order valence-electron chi connectivity index (χ3n) is 4.10. The van der Waals surface area contributed by atoms with Crippen molar-refractivity contribution < 1.29 is 19.4 Å². The average molecular weight is 440 g/mol. The highest BCUT2D eigenvalue weighted by molar-refractivity contribution is 8.01. The highest BCUT2D eigenvalue weighted by atomic mass is 35.5. The summed E-state index contributed by atoms with van der Waals surface area (Å²) in [6.07, 6.45) is -0.317. The first kappa shape index (κ1) is 20.8. The fraction of sp³-hybridized carbons (Fsp3) is 0.300. The molecule has 8 heteroatoms. The lowest BCUT2D eigenvalue weighted by Crippen LogP contribution is -2.41. The van der Waals surface area contributed by atoms with Gasteiger partial charge in [0.1, 0.15) is 5.75 Å².